The van der Waals surface area contributed by atoms with Crippen LogP contribution in [-0.2, 0) is 17.6 Å². The SMILES string of the molecule is Cc1ccc(-c2nc(CCOc3cccc4c3CCCN4CCC(=O)[O-])c(C)o2)cc1.[Na+]. The number of carboxylic acids is 1. The minimum atomic E-state index is -1.02. The number of aromatic nitrogens is 1. The Morgan fingerprint density at radius 1 is 1.19 bits per heavy atom. The van der Waals surface area contributed by atoms with Gasteiger partial charge in [0, 0.05) is 48.7 Å². The second-order valence-electron chi connectivity index (χ2n) is 7.95. The van der Waals surface area contributed by atoms with E-state index in [0.29, 0.717) is 25.5 Å². The predicted octanol–water partition coefficient (Wildman–Crippen LogP) is 0.477. The molecule has 0 saturated carbocycles. The van der Waals surface area contributed by atoms with Crippen molar-refractivity contribution in [1.29, 1.82) is 0 Å². The molecule has 0 atom stereocenters. The minimum absolute atomic E-state index is 0. The number of aryl methyl sites for hydroxylation is 2. The van der Waals surface area contributed by atoms with Crippen molar-refractivity contribution < 1.29 is 48.6 Å². The van der Waals surface area contributed by atoms with Crippen LogP contribution in [-0.4, -0.2) is 30.6 Å². The molecule has 32 heavy (non-hydrogen) atoms. The first kappa shape index (κ1) is 24.4. The number of nitrogens with zero attached hydrogens (tertiary/aromatic N) is 2. The number of ether oxygens (including phenoxy) is 1. The van der Waals surface area contributed by atoms with Crippen molar-refractivity contribution >= 4 is 11.7 Å². The largest absolute Gasteiger partial charge is 1.00 e. The molecule has 162 valence electrons. The zero-order valence-electron chi connectivity index (χ0n) is 19.0. The fourth-order valence-electron chi connectivity index (χ4n) is 4.00. The first-order chi connectivity index (χ1) is 15.0. The second kappa shape index (κ2) is 11.0. The van der Waals surface area contributed by atoms with E-state index in [-0.39, 0.29) is 36.0 Å². The molecule has 0 saturated heterocycles. The van der Waals surface area contributed by atoms with Crippen molar-refractivity contribution in [2.45, 2.75) is 39.5 Å². The normalized spacial score (nSPS) is 12.8. The van der Waals surface area contributed by atoms with Crippen molar-refractivity contribution in [3.63, 3.8) is 0 Å². The summed E-state index contributed by atoms with van der Waals surface area (Å²) in [6.07, 6.45) is 2.58. The van der Waals surface area contributed by atoms with Gasteiger partial charge in [-0.1, -0.05) is 23.8 Å². The van der Waals surface area contributed by atoms with E-state index in [1.54, 1.807) is 0 Å². The van der Waals surface area contributed by atoms with Gasteiger partial charge in [0.2, 0.25) is 5.89 Å². The Hall–Kier alpha value is -2.28. The number of carbonyl (C=O) groups excluding carboxylic acids is 1. The molecule has 0 N–H and O–H groups in total. The summed E-state index contributed by atoms with van der Waals surface area (Å²) in [5.41, 5.74) is 5.27. The van der Waals surface area contributed by atoms with E-state index in [1.807, 2.05) is 49.4 Å². The van der Waals surface area contributed by atoms with Gasteiger partial charge in [0.1, 0.15) is 11.5 Å². The average Bonchev–Trinajstić information content (AvgIpc) is 3.13. The number of anilines is 1. The van der Waals surface area contributed by atoms with Crippen molar-refractivity contribution in [3.8, 4) is 17.2 Å². The number of rotatable bonds is 8. The summed E-state index contributed by atoms with van der Waals surface area (Å²) in [6, 6.07) is 14.1. The molecule has 2 aromatic carbocycles. The van der Waals surface area contributed by atoms with Crippen molar-refractivity contribution in [1.82, 2.24) is 4.98 Å². The van der Waals surface area contributed by atoms with Crippen LogP contribution in [0.25, 0.3) is 11.5 Å². The summed E-state index contributed by atoms with van der Waals surface area (Å²) in [5.74, 6) is 1.28. The third-order valence-corrected chi connectivity index (χ3v) is 5.68. The van der Waals surface area contributed by atoms with Gasteiger partial charge < -0.3 is 24.0 Å². The van der Waals surface area contributed by atoms with E-state index in [0.717, 1.165) is 53.4 Å². The maximum Gasteiger partial charge on any atom is 1.00 e. The fraction of sp³-hybridized carbons (Fsp3) is 0.360. The van der Waals surface area contributed by atoms with Gasteiger partial charge in [0.15, 0.2) is 0 Å². The monoisotopic (exact) mass is 442 g/mol. The summed E-state index contributed by atoms with van der Waals surface area (Å²) in [6.45, 7) is 5.79. The minimum Gasteiger partial charge on any atom is -0.550 e. The molecule has 1 aliphatic heterocycles. The van der Waals surface area contributed by atoms with E-state index < -0.39 is 5.97 Å². The molecule has 0 bridgehead atoms. The molecule has 0 amide bonds. The van der Waals surface area contributed by atoms with Gasteiger partial charge in [-0.05, 0) is 51.0 Å². The number of fused-ring (bicyclic) bond motifs is 1. The Bertz CT molecular complexity index is 1060. The Kier molecular flexibility index (Phi) is 8.40. The number of oxazole rings is 1. The van der Waals surface area contributed by atoms with Gasteiger partial charge in [-0.2, -0.15) is 0 Å². The molecule has 4 rings (SSSR count). The fourth-order valence-corrected chi connectivity index (χ4v) is 4.00. The Morgan fingerprint density at radius 2 is 1.97 bits per heavy atom. The van der Waals surface area contributed by atoms with Crippen molar-refractivity contribution in [3.05, 3.63) is 65.0 Å². The molecule has 7 heteroatoms. The van der Waals surface area contributed by atoms with Crippen LogP contribution >= 0.6 is 0 Å². The first-order valence-electron chi connectivity index (χ1n) is 10.7. The molecule has 0 fully saturated rings. The van der Waals surface area contributed by atoms with E-state index in [1.165, 1.54) is 5.56 Å². The van der Waals surface area contributed by atoms with Crippen LogP contribution in [0.3, 0.4) is 0 Å². The molecule has 6 nitrogen and oxygen atoms in total. The summed E-state index contributed by atoms with van der Waals surface area (Å²) in [5, 5.41) is 10.9. The van der Waals surface area contributed by atoms with E-state index in [2.05, 4.69) is 16.8 Å². The van der Waals surface area contributed by atoms with Crippen LogP contribution in [0.15, 0.2) is 46.9 Å². The van der Waals surface area contributed by atoms with Crippen molar-refractivity contribution in [2.24, 2.45) is 0 Å². The van der Waals surface area contributed by atoms with Gasteiger partial charge in [0.25, 0.3) is 0 Å². The van der Waals surface area contributed by atoms with Crippen LogP contribution < -0.4 is 44.3 Å². The number of hydrogen-bond acceptors (Lipinski definition) is 6. The molecule has 0 radical (unpaired) electrons. The van der Waals surface area contributed by atoms with E-state index in [9.17, 15) is 9.90 Å². The van der Waals surface area contributed by atoms with Gasteiger partial charge >= 0.3 is 29.6 Å². The van der Waals surface area contributed by atoms with Gasteiger partial charge in [0.05, 0.1) is 12.3 Å². The standard InChI is InChI=1S/C25H28N2O4.Na/c1-17-8-10-19(11-9-17)25-26-21(18(2)31-25)13-16-30-23-7-3-6-22-20(23)5-4-14-27(22)15-12-24(28)29;/h3,6-11H,4-5,12-16H2,1-2H3,(H,28,29);/q;+1/p-1. The van der Waals surface area contributed by atoms with E-state index >= 15 is 0 Å². The zero-order valence-corrected chi connectivity index (χ0v) is 21.0. The summed E-state index contributed by atoms with van der Waals surface area (Å²) in [7, 11) is 0. The summed E-state index contributed by atoms with van der Waals surface area (Å²) >= 11 is 0. The zero-order chi connectivity index (χ0) is 21.8. The number of benzene rings is 2. The van der Waals surface area contributed by atoms with E-state index in [4.69, 9.17) is 9.15 Å². The average molecular weight is 442 g/mol. The van der Waals surface area contributed by atoms with Crippen LogP contribution in [0, 0.1) is 13.8 Å². The van der Waals surface area contributed by atoms with Crippen LogP contribution in [0.1, 0.15) is 35.4 Å². The Balaban J connectivity index is 0.00000289. The number of carboxylic acid groups (broad SMARTS) is 1. The molecule has 3 aromatic rings. The Morgan fingerprint density at radius 3 is 2.72 bits per heavy atom. The number of hydrogen-bond donors (Lipinski definition) is 0. The third-order valence-electron chi connectivity index (χ3n) is 5.68. The second-order valence-corrected chi connectivity index (χ2v) is 7.95. The molecule has 0 aliphatic carbocycles. The summed E-state index contributed by atoms with van der Waals surface area (Å²) in [4.78, 5) is 17.6. The Labute approximate surface area is 210 Å². The molecule has 1 aromatic heterocycles. The molecule has 2 heterocycles. The predicted molar refractivity (Wildman–Crippen MR) is 117 cm³/mol. The van der Waals surface area contributed by atoms with Crippen LogP contribution in [0.2, 0.25) is 0 Å². The quantitative estimate of drug-likeness (QED) is 0.472. The maximum absolute atomic E-state index is 10.9. The molecular formula is C25H27N2NaO4. The summed E-state index contributed by atoms with van der Waals surface area (Å²) < 4.78 is 12.0. The molecule has 0 spiro atoms. The third kappa shape index (κ3) is 5.74. The van der Waals surface area contributed by atoms with Gasteiger partial charge in [-0.3, -0.25) is 0 Å². The smallest absolute Gasteiger partial charge is 0.550 e. The first-order valence-corrected chi connectivity index (χ1v) is 10.7. The van der Waals surface area contributed by atoms with Gasteiger partial charge in [-0.25, -0.2) is 4.98 Å². The van der Waals surface area contributed by atoms with Crippen LogP contribution in [0.4, 0.5) is 5.69 Å². The van der Waals surface area contributed by atoms with Crippen molar-refractivity contribution in [2.75, 3.05) is 24.6 Å². The molecule has 1 aliphatic rings. The maximum atomic E-state index is 10.9. The van der Waals surface area contributed by atoms with Gasteiger partial charge in [-0.15, -0.1) is 0 Å². The topological polar surface area (TPSA) is 78.6 Å². The van der Waals surface area contributed by atoms with Crippen LogP contribution in [0.5, 0.6) is 5.75 Å². The molecule has 0 unspecified atom stereocenters. The number of aliphatic carboxylic acids is 1. The molecular weight excluding hydrogens is 415 g/mol. The number of carbonyl (C=O) groups is 1.